The third kappa shape index (κ3) is 4.43. The molecule has 2 aromatic heterocycles. The van der Waals surface area contributed by atoms with Crippen LogP contribution in [-0.4, -0.2) is 17.5 Å². The zero-order valence-corrected chi connectivity index (χ0v) is 30.5. The molecule has 0 amide bonds. The van der Waals surface area contributed by atoms with Crippen molar-refractivity contribution >= 4 is 88.7 Å². The van der Waals surface area contributed by atoms with Crippen LogP contribution in [0.5, 0.6) is 0 Å². The van der Waals surface area contributed by atoms with Gasteiger partial charge >= 0.3 is 0 Å². The van der Waals surface area contributed by atoms with E-state index in [4.69, 9.17) is 4.98 Å². The highest BCUT2D eigenvalue weighted by Gasteiger charge is 2.41. The lowest BCUT2D eigenvalue weighted by molar-refractivity contribution is 1.32. The Balaban J connectivity index is 1.13. The van der Waals surface area contributed by atoms with Crippen LogP contribution in [0.1, 0.15) is 0 Å². The Labute approximate surface area is 314 Å². The summed E-state index contributed by atoms with van der Waals surface area (Å²) >= 11 is 0. The number of benzene rings is 9. The van der Waals surface area contributed by atoms with E-state index < -0.39 is 8.07 Å². The molecule has 0 atom stereocenters. The molecule has 3 heteroatoms. The molecule has 0 saturated carbocycles. The van der Waals surface area contributed by atoms with Crippen LogP contribution in [0.4, 0.5) is 0 Å². The van der Waals surface area contributed by atoms with Crippen LogP contribution in [0.15, 0.2) is 206 Å². The predicted molar refractivity (Wildman–Crippen MR) is 232 cm³/mol. The van der Waals surface area contributed by atoms with Crippen molar-refractivity contribution in [2.45, 2.75) is 0 Å². The first-order valence-corrected chi connectivity index (χ1v) is 20.6. The van der Waals surface area contributed by atoms with Crippen molar-refractivity contribution in [1.82, 2.24) is 9.38 Å². The topological polar surface area (TPSA) is 17.3 Å². The molecule has 0 unspecified atom stereocenters. The van der Waals surface area contributed by atoms with Crippen molar-refractivity contribution in [3.8, 4) is 11.1 Å². The molecule has 2 nitrogen and oxygen atoms in total. The zero-order chi connectivity index (χ0) is 35.6. The molecule has 2 heterocycles. The van der Waals surface area contributed by atoms with E-state index >= 15 is 0 Å². The summed E-state index contributed by atoms with van der Waals surface area (Å²) in [5.74, 6) is 0. The maximum absolute atomic E-state index is 5.47. The quantitative estimate of drug-likeness (QED) is 0.0992. The van der Waals surface area contributed by atoms with Crippen molar-refractivity contribution in [2.24, 2.45) is 0 Å². The van der Waals surface area contributed by atoms with Gasteiger partial charge in [-0.15, -0.1) is 0 Å². The summed E-state index contributed by atoms with van der Waals surface area (Å²) in [7, 11) is -2.60. The summed E-state index contributed by atoms with van der Waals surface area (Å²) < 4.78 is 2.40. The fourth-order valence-corrected chi connectivity index (χ4v) is 13.9. The monoisotopic (exact) mass is 702 g/mol. The molecule has 0 fully saturated rings. The standard InChI is InChI=1S/C51H34N2Si/c1-4-16-37(17-5-1)54(38-18-6-2-7-19-38,39-20-8-3-9-21-39)40-31-28-35(29-32-40)36-30-33-46-47(34-36)43-24-14-15-27-48(43)53-50-45-26-13-11-23-42(45)41-22-10-12-25-44(41)49(50)52-51(46)53/h1-34H. The Morgan fingerprint density at radius 2 is 0.796 bits per heavy atom. The highest BCUT2D eigenvalue weighted by atomic mass is 28.3. The summed E-state index contributed by atoms with van der Waals surface area (Å²) in [4.78, 5) is 5.47. The first kappa shape index (κ1) is 30.8. The number of hydrogen-bond acceptors (Lipinski definition) is 1. The fraction of sp³-hybridized carbons (Fsp3) is 0. The molecule has 0 aliphatic heterocycles. The van der Waals surface area contributed by atoms with Crippen LogP contribution in [-0.2, 0) is 0 Å². The third-order valence-electron chi connectivity index (χ3n) is 11.5. The van der Waals surface area contributed by atoms with Gasteiger partial charge in [0.25, 0.3) is 0 Å². The number of nitrogens with zero attached hydrogens (tertiary/aromatic N) is 2. The van der Waals surface area contributed by atoms with Crippen molar-refractivity contribution < 1.29 is 0 Å². The number of imidazole rings is 1. The van der Waals surface area contributed by atoms with E-state index in [1.807, 2.05) is 0 Å². The van der Waals surface area contributed by atoms with E-state index in [2.05, 4.69) is 211 Å². The van der Waals surface area contributed by atoms with Gasteiger partial charge in [0.2, 0.25) is 0 Å². The number of pyridine rings is 1. The minimum atomic E-state index is -2.60. The maximum Gasteiger partial charge on any atom is 0.179 e. The van der Waals surface area contributed by atoms with E-state index in [0.29, 0.717) is 0 Å². The van der Waals surface area contributed by atoms with Crippen molar-refractivity contribution in [1.29, 1.82) is 0 Å². The molecule has 0 N–H and O–H groups in total. The van der Waals surface area contributed by atoms with Crippen LogP contribution < -0.4 is 20.7 Å². The Hall–Kier alpha value is -6.81. The Bertz CT molecular complexity index is 3090. The van der Waals surface area contributed by atoms with Crippen molar-refractivity contribution in [3.63, 3.8) is 0 Å². The minimum Gasteiger partial charge on any atom is -0.291 e. The zero-order valence-electron chi connectivity index (χ0n) is 29.5. The summed E-state index contributed by atoms with van der Waals surface area (Å²) in [6.07, 6.45) is 0. The van der Waals surface area contributed by atoms with Crippen molar-refractivity contribution in [3.05, 3.63) is 206 Å². The molecule has 0 bridgehead atoms. The molecule has 9 aromatic carbocycles. The van der Waals surface area contributed by atoms with Gasteiger partial charge in [0.05, 0.1) is 16.6 Å². The molecule has 0 aliphatic rings. The van der Waals surface area contributed by atoms with Crippen LogP contribution in [0.3, 0.4) is 0 Å². The molecule has 11 rings (SSSR count). The SMILES string of the molecule is c1ccc([Si](c2ccccc2)(c2ccccc2)c2ccc(-c3ccc4c(c3)c3ccccc3n3c4nc4c5ccccc5c5ccccc5c43)cc2)cc1. The minimum absolute atomic E-state index is 0.992. The molecule has 54 heavy (non-hydrogen) atoms. The van der Waals surface area contributed by atoms with E-state index in [1.165, 1.54) is 75.2 Å². The van der Waals surface area contributed by atoms with Gasteiger partial charge in [-0.2, -0.15) is 0 Å². The number of aromatic nitrogens is 2. The second-order valence-electron chi connectivity index (χ2n) is 14.3. The average molecular weight is 703 g/mol. The lowest BCUT2D eigenvalue weighted by Crippen LogP contribution is -2.74. The van der Waals surface area contributed by atoms with Crippen molar-refractivity contribution in [2.75, 3.05) is 0 Å². The van der Waals surface area contributed by atoms with Gasteiger partial charge in [-0.3, -0.25) is 4.40 Å². The summed E-state index contributed by atoms with van der Waals surface area (Å²) in [5.41, 5.74) is 6.77. The van der Waals surface area contributed by atoms with Crippen LogP contribution in [0.2, 0.25) is 0 Å². The van der Waals surface area contributed by atoms with E-state index in [0.717, 1.165) is 16.6 Å². The lowest BCUT2D eigenvalue weighted by Gasteiger charge is -2.34. The van der Waals surface area contributed by atoms with Gasteiger partial charge in [0.1, 0.15) is 5.65 Å². The Morgan fingerprint density at radius 1 is 0.333 bits per heavy atom. The summed E-state index contributed by atoms with van der Waals surface area (Å²) in [6, 6.07) is 76.0. The van der Waals surface area contributed by atoms with E-state index in [-0.39, 0.29) is 0 Å². The average Bonchev–Trinajstić information content (AvgIpc) is 3.67. The number of hydrogen-bond donors (Lipinski definition) is 0. The van der Waals surface area contributed by atoms with E-state index in [9.17, 15) is 0 Å². The smallest absolute Gasteiger partial charge is 0.179 e. The second-order valence-corrected chi connectivity index (χ2v) is 18.1. The first-order valence-electron chi connectivity index (χ1n) is 18.6. The van der Waals surface area contributed by atoms with Gasteiger partial charge < -0.3 is 0 Å². The molecule has 0 aliphatic carbocycles. The molecule has 0 radical (unpaired) electrons. The second kappa shape index (κ2) is 12.1. The molecule has 252 valence electrons. The van der Waals surface area contributed by atoms with Crippen LogP contribution in [0, 0.1) is 0 Å². The summed E-state index contributed by atoms with van der Waals surface area (Å²) in [6.45, 7) is 0. The maximum atomic E-state index is 5.47. The number of para-hydroxylation sites is 1. The largest absolute Gasteiger partial charge is 0.291 e. The third-order valence-corrected chi connectivity index (χ3v) is 16.3. The highest BCUT2D eigenvalue weighted by molar-refractivity contribution is 7.19. The predicted octanol–water partition coefficient (Wildman–Crippen LogP) is 10.1. The van der Waals surface area contributed by atoms with Crippen LogP contribution >= 0.6 is 0 Å². The van der Waals surface area contributed by atoms with Gasteiger partial charge in [0, 0.05) is 21.5 Å². The van der Waals surface area contributed by atoms with Gasteiger partial charge in [-0.1, -0.05) is 188 Å². The Morgan fingerprint density at radius 3 is 1.41 bits per heavy atom. The van der Waals surface area contributed by atoms with E-state index in [1.54, 1.807) is 0 Å². The fourth-order valence-electron chi connectivity index (χ4n) is 9.14. The lowest BCUT2D eigenvalue weighted by atomic mass is 9.98. The molecule has 0 spiro atoms. The molecule has 11 aromatic rings. The normalized spacial score (nSPS) is 12.1. The van der Waals surface area contributed by atoms with Crippen LogP contribution in [0.25, 0.3) is 71.0 Å². The first-order chi connectivity index (χ1) is 26.8. The number of rotatable bonds is 5. The number of fused-ring (bicyclic) bond motifs is 13. The Kier molecular flexibility index (Phi) is 6.91. The van der Waals surface area contributed by atoms with Gasteiger partial charge in [-0.05, 0) is 66.2 Å². The highest BCUT2D eigenvalue weighted by Crippen LogP contribution is 2.40. The van der Waals surface area contributed by atoms with Gasteiger partial charge in [-0.25, -0.2) is 4.98 Å². The molecular formula is C51H34N2Si. The molecule has 0 saturated heterocycles. The summed E-state index contributed by atoms with van der Waals surface area (Å²) in [5, 5.41) is 14.0. The molecular weight excluding hydrogens is 669 g/mol. The van der Waals surface area contributed by atoms with Gasteiger partial charge in [0.15, 0.2) is 8.07 Å².